The molecule has 0 saturated carbocycles. The summed E-state index contributed by atoms with van der Waals surface area (Å²) >= 11 is 0. The number of hydrogen-bond donors (Lipinski definition) is 3. The van der Waals surface area contributed by atoms with E-state index in [1.54, 1.807) is 94.1 Å². The van der Waals surface area contributed by atoms with Gasteiger partial charge in [0.05, 0.1) is 40.1 Å². The minimum Gasteiger partial charge on any atom is -0.497 e. The summed E-state index contributed by atoms with van der Waals surface area (Å²) in [4.78, 5) is 37.8. The molecule has 0 fully saturated rings. The van der Waals surface area contributed by atoms with E-state index < -0.39 is 30.4 Å². The van der Waals surface area contributed by atoms with Crippen LogP contribution in [0.25, 0.3) is 0 Å². The molecule has 12 aromatic rings. The van der Waals surface area contributed by atoms with Crippen molar-refractivity contribution >= 4 is 47.7 Å². The molecule has 0 radical (unpaired) electrons. The maximum absolute atomic E-state index is 12.6. The number of ketones is 3. The molecule has 0 aliphatic rings. The number of hydrogen-bond acceptors (Lipinski definition) is 18. The normalized spacial score (nSPS) is 10.6. The smallest absolute Gasteiger partial charge is 0.261 e. The largest absolute Gasteiger partial charge is 0.497 e. The van der Waals surface area contributed by atoms with Gasteiger partial charge in [-0.25, -0.2) is 0 Å². The average molecular weight is 1520 g/mol. The Balaban J connectivity index is 0.000000205. The minimum atomic E-state index is -3.67. The van der Waals surface area contributed by atoms with Crippen molar-refractivity contribution in [2.45, 2.75) is 20.8 Å². The molecule has 0 aromatic heterocycles. The maximum atomic E-state index is 12.6. The zero-order valence-electron chi connectivity index (χ0n) is 60.1. The number of benzene rings is 12. The summed E-state index contributed by atoms with van der Waals surface area (Å²) in [6, 6.07) is 88.4. The molecular weight excluding hydrogens is 1440 g/mol. The van der Waals surface area contributed by atoms with Gasteiger partial charge in [0.15, 0.2) is 17.3 Å². The molecule has 0 bridgehead atoms. The lowest BCUT2D eigenvalue weighted by Gasteiger charge is -2.09. The molecule has 0 aliphatic carbocycles. The summed E-state index contributed by atoms with van der Waals surface area (Å²) in [5.74, 6) is 10.6. The lowest BCUT2D eigenvalue weighted by molar-refractivity contribution is 0.103. The Bertz CT molecular complexity index is 4630. The number of methoxy groups -OCH3 is 3. The van der Waals surface area contributed by atoms with Crippen LogP contribution >= 0.6 is 0 Å². The molecule has 0 unspecified atom stereocenters. The van der Waals surface area contributed by atoms with Crippen molar-refractivity contribution in [3.05, 3.63) is 341 Å². The van der Waals surface area contributed by atoms with Gasteiger partial charge in [0.1, 0.15) is 86.2 Å². The fourth-order valence-electron chi connectivity index (χ4n) is 9.11. The second-order valence-corrected chi connectivity index (χ2v) is 27.8. The number of carbonyl (C=O) groups excluding carboxylic acids is 3. The minimum absolute atomic E-state index is 0.00779. The molecule has 0 atom stereocenters. The van der Waals surface area contributed by atoms with E-state index in [1.165, 1.54) is 0 Å². The Kier molecular flexibility index (Phi) is 30.8. The van der Waals surface area contributed by atoms with Crippen molar-refractivity contribution < 1.29 is 95.9 Å². The molecule has 0 saturated heterocycles. The fraction of sp³-hybridized carbons (Fsp3) is 0.107. The van der Waals surface area contributed by atoms with Crippen molar-refractivity contribution in [3.63, 3.8) is 0 Å². The summed E-state index contributed by atoms with van der Waals surface area (Å²) in [5.41, 5.74) is 7.27. The van der Waals surface area contributed by atoms with Crippen LogP contribution in [0.15, 0.2) is 291 Å². The lowest BCUT2D eigenvalue weighted by Crippen LogP contribution is -2.00. The van der Waals surface area contributed by atoms with E-state index in [9.17, 15) is 39.6 Å². The standard InChI is InChI=1S/3C27H22O4.3CH4O3S/c3*1-19-3-5-20(6-4-19)27(28)21-7-9-23(10-8-21)30-25-15-17-26(18-16-25)31-24-13-11-22(29-2)12-14-24;3*1-5(2,3)4/h3*3-18H,1-2H3;3*1H3,(H,2,3,4). The Hall–Kier alpha value is -12.4. The Morgan fingerprint density at radius 1 is 0.204 bits per heavy atom. The molecule has 12 rings (SSSR count). The van der Waals surface area contributed by atoms with Crippen LogP contribution in [0.2, 0.25) is 0 Å². The van der Waals surface area contributed by atoms with Gasteiger partial charge < -0.3 is 42.6 Å². The van der Waals surface area contributed by atoms with Gasteiger partial charge in [-0.2, -0.15) is 25.3 Å². The van der Waals surface area contributed by atoms with Crippen LogP contribution in [0.3, 0.4) is 0 Å². The second-order valence-electron chi connectivity index (χ2n) is 23.4. The van der Waals surface area contributed by atoms with Gasteiger partial charge >= 0.3 is 0 Å². The molecule has 24 heteroatoms. The van der Waals surface area contributed by atoms with Gasteiger partial charge in [-0.15, -0.1) is 0 Å². The third kappa shape index (κ3) is 30.7. The van der Waals surface area contributed by atoms with Crippen LogP contribution in [0.1, 0.15) is 64.5 Å². The van der Waals surface area contributed by atoms with Gasteiger partial charge in [0.25, 0.3) is 30.4 Å². The third-order valence-corrected chi connectivity index (χ3v) is 14.4. The van der Waals surface area contributed by atoms with Crippen LogP contribution in [0.5, 0.6) is 86.2 Å². The predicted octanol–water partition coefficient (Wildman–Crippen LogP) is 19.0. The zero-order valence-corrected chi connectivity index (χ0v) is 62.6. The van der Waals surface area contributed by atoms with E-state index in [0.717, 1.165) is 51.2 Å². The first-order valence-corrected chi connectivity index (χ1v) is 38.1. The molecular formula is C84H78O21S3. The first kappa shape index (κ1) is 82.9. The van der Waals surface area contributed by atoms with Crippen molar-refractivity contribution in [1.82, 2.24) is 0 Å². The zero-order chi connectivity index (χ0) is 78.4. The van der Waals surface area contributed by atoms with Crippen molar-refractivity contribution in [2.75, 3.05) is 40.1 Å². The second kappa shape index (κ2) is 40.2. The molecule has 0 aliphatic heterocycles. The first-order chi connectivity index (χ1) is 51.3. The maximum Gasteiger partial charge on any atom is 0.261 e. The van der Waals surface area contributed by atoms with E-state index >= 15 is 0 Å². The quantitative estimate of drug-likeness (QED) is 0.0445. The first-order valence-electron chi connectivity index (χ1n) is 32.5. The van der Waals surface area contributed by atoms with Crippen LogP contribution in [0.4, 0.5) is 0 Å². The van der Waals surface area contributed by atoms with Crippen LogP contribution in [0, 0.1) is 20.8 Å². The topological polar surface area (TPSA) is 297 Å². The highest BCUT2D eigenvalue weighted by Crippen LogP contribution is 2.33. The molecule has 3 N–H and O–H groups in total. The van der Waals surface area contributed by atoms with Crippen LogP contribution in [-0.4, -0.2) is 96.4 Å². The van der Waals surface area contributed by atoms with E-state index in [-0.39, 0.29) is 17.3 Å². The van der Waals surface area contributed by atoms with Gasteiger partial charge in [0.2, 0.25) is 0 Å². The van der Waals surface area contributed by atoms with Crippen LogP contribution < -0.4 is 42.6 Å². The predicted molar refractivity (Wildman–Crippen MR) is 414 cm³/mol. The summed E-state index contributed by atoms with van der Waals surface area (Å²) in [6.07, 6.45) is 2.15. The Labute approximate surface area is 628 Å². The van der Waals surface area contributed by atoms with E-state index in [1.807, 2.05) is 239 Å². The van der Waals surface area contributed by atoms with Crippen molar-refractivity contribution in [2.24, 2.45) is 0 Å². The molecule has 0 amide bonds. The van der Waals surface area contributed by atoms with E-state index in [2.05, 4.69) is 0 Å². The summed E-state index contributed by atoms with van der Waals surface area (Å²) in [6.45, 7) is 5.99. The van der Waals surface area contributed by atoms with E-state index in [0.29, 0.717) is 104 Å². The molecule has 558 valence electrons. The molecule has 21 nitrogen and oxygen atoms in total. The third-order valence-electron chi connectivity index (χ3n) is 14.4. The summed E-state index contributed by atoms with van der Waals surface area (Å²) in [5, 5.41) is 0. The molecule has 0 heterocycles. The van der Waals surface area contributed by atoms with Gasteiger partial charge in [0, 0.05) is 33.4 Å². The summed E-state index contributed by atoms with van der Waals surface area (Å²) < 4.78 is 128. The van der Waals surface area contributed by atoms with Crippen LogP contribution in [-0.2, 0) is 30.4 Å². The average Bonchev–Trinajstić information content (AvgIpc) is 0.848. The Morgan fingerprint density at radius 2 is 0.296 bits per heavy atom. The lowest BCUT2D eigenvalue weighted by atomic mass is 10.0. The summed E-state index contributed by atoms with van der Waals surface area (Å²) in [7, 11) is -6.11. The molecule has 108 heavy (non-hydrogen) atoms. The number of carbonyl (C=O) groups is 3. The van der Waals surface area contributed by atoms with Gasteiger partial charge in [-0.05, 0) is 239 Å². The molecule has 0 spiro atoms. The van der Waals surface area contributed by atoms with Crippen molar-refractivity contribution in [3.8, 4) is 86.2 Å². The highest BCUT2D eigenvalue weighted by molar-refractivity contribution is 7.85. The van der Waals surface area contributed by atoms with Gasteiger partial charge in [-0.3, -0.25) is 28.0 Å². The Morgan fingerprint density at radius 3 is 0.407 bits per heavy atom. The molecule has 12 aromatic carbocycles. The highest BCUT2D eigenvalue weighted by Gasteiger charge is 2.14. The number of ether oxygens (including phenoxy) is 9. The van der Waals surface area contributed by atoms with E-state index in [4.69, 9.17) is 56.3 Å². The monoisotopic (exact) mass is 1520 g/mol. The SMILES string of the molecule is COc1ccc(Oc2ccc(Oc3ccc(C(=O)c4ccc(C)cc4)cc3)cc2)cc1.COc1ccc(Oc2ccc(Oc3ccc(C(=O)c4ccc(C)cc4)cc3)cc2)cc1.COc1ccc(Oc2ccc(Oc3ccc(C(=O)c4ccc(C)cc4)cc3)cc2)cc1.CS(=O)(=O)O.CS(=O)(=O)O.CS(=O)(=O)O. The van der Waals surface area contributed by atoms with Crippen molar-refractivity contribution in [1.29, 1.82) is 0 Å². The van der Waals surface area contributed by atoms with Gasteiger partial charge in [-0.1, -0.05) is 89.5 Å². The fourth-order valence-corrected chi connectivity index (χ4v) is 9.11. The number of rotatable bonds is 21. The highest BCUT2D eigenvalue weighted by atomic mass is 32.2. The number of aryl methyl sites for hydroxylation is 3.